The Hall–Kier alpha value is -2.71. The van der Waals surface area contributed by atoms with Crippen LogP contribution in [0.15, 0.2) is 47.4 Å². The number of H-pyrrole nitrogens is 1. The van der Waals surface area contributed by atoms with Crippen LogP contribution in [0.5, 0.6) is 0 Å². The van der Waals surface area contributed by atoms with Crippen LogP contribution >= 0.6 is 11.6 Å². The molecular weight excluding hydrogens is 400 g/mol. The first-order chi connectivity index (χ1) is 13.3. The molecule has 0 radical (unpaired) electrons. The van der Waals surface area contributed by atoms with Crippen molar-refractivity contribution in [3.63, 3.8) is 0 Å². The number of sulfone groups is 1. The highest BCUT2D eigenvalue weighted by molar-refractivity contribution is 7.90. The molecule has 9 heteroatoms. The molecule has 28 heavy (non-hydrogen) atoms. The van der Waals surface area contributed by atoms with E-state index < -0.39 is 15.7 Å². The van der Waals surface area contributed by atoms with Gasteiger partial charge in [-0.3, -0.25) is 9.89 Å². The average molecular weight is 417 g/mol. The van der Waals surface area contributed by atoms with Gasteiger partial charge in [-0.1, -0.05) is 11.6 Å². The number of nitrogens with zero attached hydrogens (tertiary/aromatic N) is 2. The van der Waals surface area contributed by atoms with E-state index in [9.17, 15) is 13.2 Å². The van der Waals surface area contributed by atoms with Gasteiger partial charge in [0.1, 0.15) is 5.82 Å². The molecule has 7 nitrogen and oxygen atoms in total. The van der Waals surface area contributed by atoms with E-state index in [0.29, 0.717) is 17.4 Å². The Balaban J connectivity index is 1.50. The van der Waals surface area contributed by atoms with Gasteiger partial charge in [0.2, 0.25) is 0 Å². The number of aromatic nitrogens is 3. The van der Waals surface area contributed by atoms with Crippen LogP contribution in [0.3, 0.4) is 0 Å². The quantitative estimate of drug-likeness (QED) is 0.660. The lowest BCUT2D eigenvalue weighted by Crippen LogP contribution is -2.13. The van der Waals surface area contributed by atoms with Crippen molar-refractivity contribution in [3.05, 3.63) is 58.9 Å². The number of hydrogen-bond acceptors (Lipinski definition) is 5. The molecule has 0 atom stereocenters. The van der Waals surface area contributed by atoms with Gasteiger partial charge in [0.15, 0.2) is 15.7 Å². The minimum absolute atomic E-state index is 0.0757. The third-order valence-electron chi connectivity index (χ3n) is 4.46. The fourth-order valence-electron chi connectivity index (χ4n) is 2.78. The Morgan fingerprint density at radius 3 is 2.54 bits per heavy atom. The van der Waals surface area contributed by atoms with Crippen LogP contribution in [-0.4, -0.2) is 35.8 Å². The number of aromatic amines is 1. The number of amides is 1. The Kier molecular flexibility index (Phi) is 4.68. The number of halogens is 1. The third-order valence-corrected chi connectivity index (χ3v) is 6.04. The number of carbonyl (C=O) groups excluding carboxylic acids is 1. The zero-order valence-corrected chi connectivity index (χ0v) is 16.5. The molecule has 1 fully saturated rings. The molecular formula is C19H17ClN4O3S. The standard InChI is InChI=1S/C19H17ClN4O3S/c1-28(26,27)16-10-13(6-9-15(16)20)19(25)21-14-7-4-12(5-8-14)18-22-17(23-24-18)11-2-3-11/h4-11H,2-3H2,1H3,(H,21,25)(H,22,23,24). The molecule has 1 amide bonds. The summed E-state index contributed by atoms with van der Waals surface area (Å²) in [6.07, 6.45) is 3.34. The number of hydrogen-bond donors (Lipinski definition) is 2. The fraction of sp³-hybridized carbons (Fsp3) is 0.211. The van der Waals surface area contributed by atoms with Crippen LogP contribution in [0, 0.1) is 0 Å². The number of carbonyl (C=O) groups is 1. The van der Waals surface area contributed by atoms with E-state index in [1.165, 1.54) is 18.2 Å². The van der Waals surface area contributed by atoms with Gasteiger partial charge in [0.25, 0.3) is 5.91 Å². The second-order valence-corrected chi connectivity index (χ2v) is 9.16. The van der Waals surface area contributed by atoms with E-state index in [2.05, 4.69) is 20.5 Å². The zero-order chi connectivity index (χ0) is 19.9. The largest absolute Gasteiger partial charge is 0.322 e. The first-order valence-corrected chi connectivity index (χ1v) is 10.9. The van der Waals surface area contributed by atoms with Gasteiger partial charge in [0.05, 0.1) is 9.92 Å². The molecule has 1 saturated carbocycles. The van der Waals surface area contributed by atoms with Crippen molar-refractivity contribution in [2.45, 2.75) is 23.7 Å². The lowest BCUT2D eigenvalue weighted by molar-refractivity contribution is 0.102. The third kappa shape index (κ3) is 3.93. The highest BCUT2D eigenvalue weighted by atomic mass is 35.5. The zero-order valence-electron chi connectivity index (χ0n) is 14.9. The Morgan fingerprint density at radius 2 is 1.89 bits per heavy atom. The summed E-state index contributed by atoms with van der Waals surface area (Å²) in [5.74, 6) is 1.60. The minimum atomic E-state index is -3.53. The normalized spacial score (nSPS) is 14.1. The SMILES string of the molecule is CS(=O)(=O)c1cc(C(=O)Nc2ccc(-c3n[nH]c(C4CC4)n3)cc2)ccc1Cl. The van der Waals surface area contributed by atoms with Crippen molar-refractivity contribution >= 4 is 33.0 Å². The van der Waals surface area contributed by atoms with E-state index in [0.717, 1.165) is 30.5 Å². The highest BCUT2D eigenvalue weighted by Crippen LogP contribution is 2.38. The number of anilines is 1. The first kappa shape index (κ1) is 18.6. The molecule has 1 aliphatic rings. The molecule has 1 aliphatic carbocycles. The van der Waals surface area contributed by atoms with Crippen LogP contribution in [-0.2, 0) is 9.84 Å². The molecule has 0 bridgehead atoms. The van der Waals surface area contributed by atoms with E-state index in [1.54, 1.807) is 12.1 Å². The topological polar surface area (TPSA) is 105 Å². The highest BCUT2D eigenvalue weighted by Gasteiger charge is 2.27. The Bertz CT molecular complexity index is 1150. The molecule has 1 aromatic heterocycles. The maximum Gasteiger partial charge on any atom is 0.255 e. The van der Waals surface area contributed by atoms with Crippen molar-refractivity contribution in [2.24, 2.45) is 0 Å². The van der Waals surface area contributed by atoms with Crippen LogP contribution in [0.1, 0.15) is 34.9 Å². The number of benzene rings is 2. The monoisotopic (exact) mass is 416 g/mol. The number of nitrogens with one attached hydrogen (secondary N) is 2. The van der Waals surface area contributed by atoms with Gasteiger partial charge in [0, 0.05) is 29.0 Å². The molecule has 144 valence electrons. The lowest BCUT2D eigenvalue weighted by Gasteiger charge is -2.08. The van der Waals surface area contributed by atoms with Crippen molar-refractivity contribution in [3.8, 4) is 11.4 Å². The summed E-state index contributed by atoms with van der Waals surface area (Å²) in [7, 11) is -3.53. The van der Waals surface area contributed by atoms with Crippen molar-refractivity contribution < 1.29 is 13.2 Å². The van der Waals surface area contributed by atoms with E-state index in [-0.39, 0.29) is 15.5 Å². The molecule has 0 unspecified atom stereocenters. The molecule has 3 aromatic rings. The Labute approximate surface area is 167 Å². The van der Waals surface area contributed by atoms with Gasteiger partial charge >= 0.3 is 0 Å². The summed E-state index contributed by atoms with van der Waals surface area (Å²) in [6, 6.07) is 11.3. The summed E-state index contributed by atoms with van der Waals surface area (Å²) in [5, 5.41) is 10.0. The predicted molar refractivity (Wildman–Crippen MR) is 106 cm³/mol. The predicted octanol–water partition coefficient (Wildman–Crippen LogP) is 3.66. The summed E-state index contributed by atoms with van der Waals surface area (Å²) >= 11 is 5.92. The summed E-state index contributed by atoms with van der Waals surface area (Å²) in [4.78, 5) is 16.9. The van der Waals surface area contributed by atoms with Crippen LogP contribution in [0.4, 0.5) is 5.69 Å². The maximum absolute atomic E-state index is 12.5. The molecule has 1 heterocycles. The lowest BCUT2D eigenvalue weighted by atomic mass is 10.1. The van der Waals surface area contributed by atoms with E-state index in [4.69, 9.17) is 11.6 Å². The molecule has 2 N–H and O–H groups in total. The average Bonchev–Trinajstić information content (AvgIpc) is 3.39. The summed E-state index contributed by atoms with van der Waals surface area (Å²) in [5.41, 5.74) is 1.62. The van der Waals surface area contributed by atoms with Gasteiger partial charge < -0.3 is 5.32 Å². The molecule has 0 saturated heterocycles. The van der Waals surface area contributed by atoms with Crippen LogP contribution in [0.25, 0.3) is 11.4 Å². The molecule has 2 aromatic carbocycles. The van der Waals surface area contributed by atoms with Gasteiger partial charge in [-0.15, -0.1) is 0 Å². The maximum atomic E-state index is 12.5. The van der Waals surface area contributed by atoms with Crippen LogP contribution in [0.2, 0.25) is 5.02 Å². The van der Waals surface area contributed by atoms with E-state index in [1.807, 2.05) is 12.1 Å². The number of rotatable bonds is 5. The smallest absolute Gasteiger partial charge is 0.255 e. The summed E-state index contributed by atoms with van der Waals surface area (Å²) in [6.45, 7) is 0. The van der Waals surface area contributed by atoms with Crippen molar-refractivity contribution in [1.82, 2.24) is 15.2 Å². The molecule has 4 rings (SSSR count). The molecule has 0 spiro atoms. The second-order valence-electron chi connectivity index (χ2n) is 6.77. The van der Waals surface area contributed by atoms with Crippen molar-refractivity contribution in [2.75, 3.05) is 11.6 Å². The van der Waals surface area contributed by atoms with Gasteiger partial charge in [-0.05, 0) is 55.3 Å². The second kappa shape index (κ2) is 7.03. The van der Waals surface area contributed by atoms with Gasteiger partial charge in [-0.2, -0.15) is 5.10 Å². The summed E-state index contributed by atoms with van der Waals surface area (Å²) < 4.78 is 23.6. The molecule has 0 aliphatic heterocycles. The first-order valence-electron chi connectivity index (χ1n) is 8.65. The fourth-order valence-corrected chi connectivity index (χ4v) is 4.08. The Morgan fingerprint density at radius 1 is 1.18 bits per heavy atom. The van der Waals surface area contributed by atoms with Crippen molar-refractivity contribution in [1.29, 1.82) is 0 Å². The van der Waals surface area contributed by atoms with Gasteiger partial charge in [-0.25, -0.2) is 13.4 Å². The minimum Gasteiger partial charge on any atom is -0.322 e. The van der Waals surface area contributed by atoms with E-state index >= 15 is 0 Å². The van der Waals surface area contributed by atoms with Crippen LogP contribution < -0.4 is 5.32 Å².